The summed E-state index contributed by atoms with van der Waals surface area (Å²) in [4.78, 5) is 0. The Morgan fingerprint density at radius 2 is 1.15 bits per heavy atom. The summed E-state index contributed by atoms with van der Waals surface area (Å²) in [6.45, 7) is 4.91. The summed E-state index contributed by atoms with van der Waals surface area (Å²) in [6, 6.07) is 0. The van der Waals surface area contributed by atoms with Crippen molar-refractivity contribution in [2.45, 2.75) is 45.4 Å². The second-order valence-corrected chi connectivity index (χ2v) is 4.43. The fourth-order valence-corrected chi connectivity index (χ4v) is 1.48. The average Bonchev–Trinajstić information content (AvgIpc) is 2.47. The largest absolute Gasteiger partial charge is 0.394 e. The zero-order valence-electron chi connectivity index (χ0n) is 13.3. The third kappa shape index (κ3) is 26.4. The molecule has 0 bridgehead atoms. The molecule has 0 atom stereocenters. The standard InChI is InChI=1S/C9H20O.C6H14O4/c1-3-4-5-6-7-8-9-10-2;7-1-3-9-5-6-10-4-2-8/h3-9H2,1-2H3;7-8H,1-6H2. The molecule has 0 aliphatic heterocycles. The van der Waals surface area contributed by atoms with Crippen LogP contribution in [0.1, 0.15) is 45.4 Å². The van der Waals surface area contributed by atoms with Crippen LogP contribution in [0, 0.1) is 0 Å². The summed E-state index contributed by atoms with van der Waals surface area (Å²) in [7, 11) is 1.77. The molecule has 0 heterocycles. The Morgan fingerprint density at radius 3 is 1.60 bits per heavy atom. The van der Waals surface area contributed by atoms with Gasteiger partial charge in [0.2, 0.25) is 0 Å². The van der Waals surface area contributed by atoms with Gasteiger partial charge in [0.1, 0.15) is 0 Å². The Kier molecular flexibility index (Phi) is 26.4. The van der Waals surface area contributed by atoms with Crippen molar-refractivity contribution in [1.29, 1.82) is 0 Å². The summed E-state index contributed by atoms with van der Waals surface area (Å²) in [6.07, 6.45) is 8.10. The maximum Gasteiger partial charge on any atom is 0.0701 e. The van der Waals surface area contributed by atoms with E-state index in [0.29, 0.717) is 26.4 Å². The van der Waals surface area contributed by atoms with Crippen LogP contribution in [0.5, 0.6) is 0 Å². The number of hydrogen-bond acceptors (Lipinski definition) is 5. The van der Waals surface area contributed by atoms with Gasteiger partial charge in [-0.05, 0) is 6.42 Å². The SMILES string of the molecule is CCCCCCCCOC.OCCOCCOCCO. The number of rotatable bonds is 14. The van der Waals surface area contributed by atoms with Gasteiger partial charge in [0.05, 0.1) is 39.6 Å². The van der Waals surface area contributed by atoms with E-state index in [2.05, 4.69) is 6.92 Å². The predicted molar refractivity (Wildman–Crippen MR) is 81.1 cm³/mol. The monoisotopic (exact) mass is 294 g/mol. The predicted octanol–water partition coefficient (Wildman–Crippen LogP) is 2.00. The lowest BCUT2D eigenvalue weighted by atomic mass is 10.1. The van der Waals surface area contributed by atoms with Crippen molar-refractivity contribution in [3.63, 3.8) is 0 Å². The first kappa shape index (κ1) is 22.1. The highest BCUT2D eigenvalue weighted by Gasteiger charge is 1.88. The van der Waals surface area contributed by atoms with Gasteiger partial charge in [-0.15, -0.1) is 0 Å². The van der Waals surface area contributed by atoms with Gasteiger partial charge in [0, 0.05) is 13.7 Å². The van der Waals surface area contributed by atoms with Crippen molar-refractivity contribution in [1.82, 2.24) is 0 Å². The van der Waals surface area contributed by atoms with Crippen molar-refractivity contribution >= 4 is 0 Å². The maximum atomic E-state index is 8.26. The summed E-state index contributed by atoms with van der Waals surface area (Å²) in [5.41, 5.74) is 0. The summed E-state index contributed by atoms with van der Waals surface area (Å²) >= 11 is 0. The molecule has 0 rings (SSSR count). The zero-order valence-corrected chi connectivity index (χ0v) is 13.3. The lowest BCUT2D eigenvalue weighted by Crippen LogP contribution is -2.09. The molecule has 0 saturated heterocycles. The number of methoxy groups -OCH3 is 1. The van der Waals surface area contributed by atoms with Gasteiger partial charge in [-0.2, -0.15) is 0 Å². The van der Waals surface area contributed by atoms with Crippen molar-refractivity contribution < 1.29 is 24.4 Å². The molecule has 0 aliphatic carbocycles. The van der Waals surface area contributed by atoms with Crippen LogP contribution in [0.3, 0.4) is 0 Å². The first-order valence-corrected chi connectivity index (χ1v) is 7.69. The van der Waals surface area contributed by atoms with Gasteiger partial charge in [0.25, 0.3) is 0 Å². The van der Waals surface area contributed by atoms with Crippen LogP contribution >= 0.6 is 0 Å². The number of aliphatic hydroxyl groups is 2. The second kappa shape index (κ2) is 23.9. The van der Waals surface area contributed by atoms with Crippen LogP contribution in [0.15, 0.2) is 0 Å². The summed E-state index contributed by atoms with van der Waals surface area (Å²) in [5, 5.41) is 16.5. The van der Waals surface area contributed by atoms with Gasteiger partial charge < -0.3 is 24.4 Å². The average molecular weight is 294 g/mol. The molecule has 0 aromatic rings. The van der Waals surface area contributed by atoms with Gasteiger partial charge in [-0.3, -0.25) is 0 Å². The Balaban J connectivity index is 0. The number of hydrogen-bond donors (Lipinski definition) is 2. The van der Waals surface area contributed by atoms with Crippen LogP contribution < -0.4 is 0 Å². The fourth-order valence-electron chi connectivity index (χ4n) is 1.48. The molecule has 0 saturated carbocycles. The molecule has 0 aromatic heterocycles. The molecule has 0 fully saturated rings. The van der Waals surface area contributed by atoms with Crippen molar-refractivity contribution in [2.75, 3.05) is 53.4 Å². The minimum absolute atomic E-state index is 0.0417. The minimum Gasteiger partial charge on any atom is -0.394 e. The quantitative estimate of drug-likeness (QED) is 0.480. The lowest BCUT2D eigenvalue weighted by Gasteiger charge is -2.01. The third-order valence-corrected chi connectivity index (χ3v) is 2.55. The Hall–Kier alpha value is -0.200. The summed E-state index contributed by atoms with van der Waals surface area (Å²) in [5.74, 6) is 0. The van der Waals surface area contributed by atoms with E-state index >= 15 is 0 Å². The van der Waals surface area contributed by atoms with E-state index in [1.54, 1.807) is 7.11 Å². The van der Waals surface area contributed by atoms with Crippen LogP contribution in [0.25, 0.3) is 0 Å². The molecule has 0 amide bonds. The molecule has 5 nitrogen and oxygen atoms in total. The first-order valence-electron chi connectivity index (χ1n) is 7.69. The van der Waals surface area contributed by atoms with Crippen LogP contribution in [-0.2, 0) is 14.2 Å². The molecule has 0 aliphatic rings. The van der Waals surface area contributed by atoms with E-state index in [0.717, 1.165) is 6.61 Å². The molecule has 0 aromatic carbocycles. The van der Waals surface area contributed by atoms with Crippen LogP contribution in [0.2, 0.25) is 0 Å². The Morgan fingerprint density at radius 1 is 0.650 bits per heavy atom. The lowest BCUT2D eigenvalue weighted by molar-refractivity contribution is 0.0222. The summed E-state index contributed by atoms with van der Waals surface area (Å²) < 4.78 is 14.7. The van der Waals surface area contributed by atoms with Crippen LogP contribution in [-0.4, -0.2) is 63.6 Å². The van der Waals surface area contributed by atoms with Gasteiger partial charge in [-0.1, -0.05) is 39.0 Å². The highest BCUT2D eigenvalue weighted by Crippen LogP contribution is 2.04. The zero-order chi connectivity index (χ0) is 15.3. The van der Waals surface area contributed by atoms with E-state index in [4.69, 9.17) is 24.4 Å². The normalized spacial score (nSPS) is 10.2. The van der Waals surface area contributed by atoms with E-state index in [-0.39, 0.29) is 13.2 Å². The molecule has 20 heavy (non-hydrogen) atoms. The Labute approximate surface area is 124 Å². The molecule has 124 valence electrons. The third-order valence-electron chi connectivity index (χ3n) is 2.55. The van der Waals surface area contributed by atoms with Crippen molar-refractivity contribution in [3.05, 3.63) is 0 Å². The van der Waals surface area contributed by atoms with Crippen LogP contribution in [0.4, 0.5) is 0 Å². The van der Waals surface area contributed by atoms with E-state index in [1.807, 2.05) is 0 Å². The molecule has 0 unspecified atom stereocenters. The minimum atomic E-state index is 0.0417. The maximum absolute atomic E-state index is 8.26. The highest BCUT2D eigenvalue weighted by atomic mass is 16.5. The topological polar surface area (TPSA) is 68.2 Å². The van der Waals surface area contributed by atoms with Gasteiger partial charge in [-0.25, -0.2) is 0 Å². The number of unbranched alkanes of at least 4 members (excludes halogenated alkanes) is 5. The highest BCUT2D eigenvalue weighted by molar-refractivity contribution is 4.42. The molecule has 5 heteroatoms. The molecule has 0 spiro atoms. The van der Waals surface area contributed by atoms with Gasteiger partial charge in [0.15, 0.2) is 0 Å². The van der Waals surface area contributed by atoms with Crippen molar-refractivity contribution in [2.24, 2.45) is 0 Å². The number of aliphatic hydroxyl groups excluding tert-OH is 2. The molecular formula is C15H34O5. The van der Waals surface area contributed by atoms with E-state index in [1.165, 1.54) is 38.5 Å². The van der Waals surface area contributed by atoms with Crippen molar-refractivity contribution in [3.8, 4) is 0 Å². The molecular weight excluding hydrogens is 260 g/mol. The fraction of sp³-hybridized carbons (Fsp3) is 1.00. The van der Waals surface area contributed by atoms with Gasteiger partial charge >= 0.3 is 0 Å². The second-order valence-electron chi connectivity index (χ2n) is 4.43. The molecule has 2 N–H and O–H groups in total. The first-order chi connectivity index (χ1) is 9.83. The molecule has 0 radical (unpaired) electrons. The van der Waals surface area contributed by atoms with E-state index < -0.39 is 0 Å². The number of ether oxygens (including phenoxy) is 3. The Bertz CT molecular complexity index is 112. The van der Waals surface area contributed by atoms with E-state index in [9.17, 15) is 0 Å². The smallest absolute Gasteiger partial charge is 0.0701 e.